The van der Waals surface area contributed by atoms with E-state index in [0.29, 0.717) is 6.42 Å². The lowest BCUT2D eigenvalue weighted by Gasteiger charge is -2.14. The van der Waals surface area contributed by atoms with Crippen LogP contribution in [0.25, 0.3) is 0 Å². The van der Waals surface area contributed by atoms with Crippen molar-refractivity contribution in [2.45, 2.75) is 38.5 Å². The van der Waals surface area contributed by atoms with Gasteiger partial charge in [-0.2, -0.15) is 0 Å². The van der Waals surface area contributed by atoms with E-state index in [4.69, 9.17) is 5.11 Å². The lowest BCUT2D eigenvalue weighted by molar-refractivity contribution is -0.137. The SMILES string of the molecule is O=C(O)CCCCCNCCN1CCCC1. The molecule has 0 bridgehead atoms. The van der Waals surface area contributed by atoms with Gasteiger partial charge in [-0.15, -0.1) is 0 Å². The number of carboxylic acid groups (broad SMARTS) is 1. The van der Waals surface area contributed by atoms with Gasteiger partial charge in [0.05, 0.1) is 0 Å². The van der Waals surface area contributed by atoms with Crippen molar-refractivity contribution in [1.82, 2.24) is 10.2 Å². The molecule has 0 spiro atoms. The van der Waals surface area contributed by atoms with Crippen LogP contribution in [0.2, 0.25) is 0 Å². The standard InChI is InChI=1S/C12H24N2O2/c15-12(16)6-2-1-3-7-13-8-11-14-9-4-5-10-14/h13H,1-11H2,(H,15,16). The number of carbonyl (C=O) groups is 1. The molecule has 1 rings (SSSR count). The van der Waals surface area contributed by atoms with Crippen molar-refractivity contribution in [3.8, 4) is 0 Å². The molecule has 0 aliphatic carbocycles. The molecule has 0 amide bonds. The number of nitrogens with zero attached hydrogens (tertiary/aromatic N) is 1. The number of likely N-dealkylation sites (tertiary alicyclic amines) is 1. The Morgan fingerprint density at radius 2 is 1.88 bits per heavy atom. The van der Waals surface area contributed by atoms with Crippen molar-refractivity contribution < 1.29 is 9.90 Å². The number of aliphatic carboxylic acids is 1. The van der Waals surface area contributed by atoms with Gasteiger partial charge in [-0.25, -0.2) is 0 Å². The van der Waals surface area contributed by atoms with Gasteiger partial charge in [-0.1, -0.05) is 6.42 Å². The van der Waals surface area contributed by atoms with Crippen molar-refractivity contribution in [1.29, 1.82) is 0 Å². The van der Waals surface area contributed by atoms with E-state index in [1.165, 1.54) is 25.9 Å². The van der Waals surface area contributed by atoms with Crippen LogP contribution in [0.4, 0.5) is 0 Å². The summed E-state index contributed by atoms with van der Waals surface area (Å²) in [7, 11) is 0. The first-order valence-corrected chi connectivity index (χ1v) is 6.44. The maximum atomic E-state index is 10.3. The summed E-state index contributed by atoms with van der Waals surface area (Å²) in [5.74, 6) is -0.679. The molecule has 4 heteroatoms. The first-order chi connectivity index (χ1) is 7.79. The molecule has 1 fully saturated rings. The van der Waals surface area contributed by atoms with Crippen molar-refractivity contribution in [2.75, 3.05) is 32.7 Å². The minimum absolute atomic E-state index is 0.313. The Bertz CT molecular complexity index is 191. The predicted octanol–water partition coefficient (Wildman–Crippen LogP) is 1.32. The Hall–Kier alpha value is -0.610. The Morgan fingerprint density at radius 1 is 1.12 bits per heavy atom. The minimum atomic E-state index is -0.679. The van der Waals surface area contributed by atoms with Crippen LogP contribution in [0.15, 0.2) is 0 Å². The highest BCUT2D eigenvalue weighted by Crippen LogP contribution is 2.05. The molecule has 1 aliphatic rings. The number of unbranched alkanes of at least 4 members (excludes halogenated alkanes) is 2. The van der Waals surface area contributed by atoms with E-state index in [1.54, 1.807) is 0 Å². The van der Waals surface area contributed by atoms with E-state index in [2.05, 4.69) is 10.2 Å². The Morgan fingerprint density at radius 3 is 2.56 bits per heavy atom. The van der Waals surface area contributed by atoms with Gasteiger partial charge in [0.15, 0.2) is 0 Å². The van der Waals surface area contributed by atoms with Crippen molar-refractivity contribution in [3.05, 3.63) is 0 Å². The molecule has 0 unspecified atom stereocenters. The fourth-order valence-electron chi connectivity index (χ4n) is 2.07. The molecular weight excluding hydrogens is 204 g/mol. The number of nitrogens with one attached hydrogen (secondary N) is 1. The maximum Gasteiger partial charge on any atom is 0.303 e. The number of hydrogen-bond acceptors (Lipinski definition) is 3. The van der Waals surface area contributed by atoms with E-state index in [9.17, 15) is 4.79 Å². The highest BCUT2D eigenvalue weighted by Gasteiger charge is 2.09. The number of carboxylic acids is 1. The monoisotopic (exact) mass is 228 g/mol. The first kappa shape index (κ1) is 13.5. The third-order valence-corrected chi connectivity index (χ3v) is 3.05. The zero-order chi connectivity index (χ0) is 11.6. The molecule has 0 aromatic carbocycles. The minimum Gasteiger partial charge on any atom is -0.481 e. The zero-order valence-electron chi connectivity index (χ0n) is 10.1. The molecule has 0 saturated carbocycles. The number of hydrogen-bond donors (Lipinski definition) is 2. The van der Waals surface area contributed by atoms with E-state index in [-0.39, 0.29) is 0 Å². The molecule has 16 heavy (non-hydrogen) atoms. The quantitative estimate of drug-likeness (QED) is 0.584. The van der Waals surface area contributed by atoms with Crippen LogP contribution < -0.4 is 5.32 Å². The van der Waals surface area contributed by atoms with Gasteiger partial charge < -0.3 is 15.3 Å². The molecule has 1 heterocycles. The average molecular weight is 228 g/mol. The highest BCUT2D eigenvalue weighted by molar-refractivity contribution is 5.66. The lowest BCUT2D eigenvalue weighted by atomic mass is 10.2. The first-order valence-electron chi connectivity index (χ1n) is 6.44. The summed E-state index contributed by atoms with van der Waals surface area (Å²) in [6.07, 6.45) is 5.94. The van der Waals surface area contributed by atoms with Crippen LogP contribution in [0.5, 0.6) is 0 Å². The highest BCUT2D eigenvalue weighted by atomic mass is 16.4. The van der Waals surface area contributed by atoms with E-state index < -0.39 is 5.97 Å². The van der Waals surface area contributed by atoms with Crippen molar-refractivity contribution >= 4 is 5.97 Å². The summed E-state index contributed by atoms with van der Waals surface area (Å²) in [4.78, 5) is 12.8. The Kier molecular flexibility index (Phi) is 7.17. The molecule has 2 N–H and O–H groups in total. The second-order valence-corrected chi connectivity index (χ2v) is 4.50. The van der Waals surface area contributed by atoms with E-state index in [0.717, 1.165) is 38.9 Å². The third-order valence-electron chi connectivity index (χ3n) is 3.05. The van der Waals surface area contributed by atoms with Crippen LogP contribution in [0, 0.1) is 0 Å². The maximum absolute atomic E-state index is 10.3. The summed E-state index contributed by atoms with van der Waals surface area (Å²) >= 11 is 0. The van der Waals surface area contributed by atoms with Crippen LogP contribution in [-0.2, 0) is 4.79 Å². The summed E-state index contributed by atoms with van der Waals surface area (Å²) in [5, 5.41) is 11.9. The van der Waals surface area contributed by atoms with Gasteiger partial charge in [-0.3, -0.25) is 4.79 Å². The second kappa shape index (κ2) is 8.53. The van der Waals surface area contributed by atoms with Gasteiger partial charge >= 0.3 is 5.97 Å². The fraction of sp³-hybridized carbons (Fsp3) is 0.917. The van der Waals surface area contributed by atoms with Crippen LogP contribution >= 0.6 is 0 Å². The summed E-state index contributed by atoms with van der Waals surface area (Å²) in [5.41, 5.74) is 0. The second-order valence-electron chi connectivity index (χ2n) is 4.50. The molecule has 1 saturated heterocycles. The predicted molar refractivity (Wildman–Crippen MR) is 64.6 cm³/mol. The van der Waals surface area contributed by atoms with Gasteiger partial charge in [0.2, 0.25) is 0 Å². The van der Waals surface area contributed by atoms with Crippen molar-refractivity contribution in [2.24, 2.45) is 0 Å². The Labute approximate surface area is 98.0 Å². The van der Waals surface area contributed by atoms with Gasteiger partial charge in [-0.05, 0) is 45.3 Å². The third kappa shape index (κ3) is 6.80. The lowest BCUT2D eigenvalue weighted by Crippen LogP contribution is -2.30. The van der Waals surface area contributed by atoms with Crippen LogP contribution in [-0.4, -0.2) is 48.7 Å². The molecule has 4 nitrogen and oxygen atoms in total. The zero-order valence-corrected chi connectivity index (χ0v) is 10.1. The summed E-state index contributed by atoms with van der Waals surface area (Å²) in [6.45, 7) is 5.78. The van der Waals surface area contributed by atoms with Gasteiger partial charge in [0.25, 0.3) is 0 Å². The molecule has 0 atom stereocenters. The van der Waals surface area contributed by atoms with Gasteiger partial charge in [0, 0.05) is 19.5 Å². The molecule has 0 aromatic rings. The van der Waals surface area contributed by atoms with Crippen LogP contribution in [0.1, 0.15) is 38.5 Å². The molecular formula is C12H24N2O2. The Balaban J connectivity index is 1.76. The summed E-state index contributed by atoms with van der Waals surface area (Å²) in [6, 6.07) is 0. The largest absolute Gasteiger partial charge is 0.481 e. The average Bonchev–Trinajstić information content (AvgIpc) is 2.74. The normalized spacial score (nSPS) is 16.8. The number of rotatable bonds is 9. The van der Waals surface area contributed by atoms with E-state index >= 15 is 0 Å². The topological polar surface area (TPSA) is 52.6 Å². The van der Waals surface area contributed by atoms with Crippen molar-refractivity contribution in [3.63, 3.8) is 0 Å². The fourth-order valence-corrected chi connectivity index (χ4v) is 2.07. The van der Waals surface area contributed by atoms with Crippen LogP contribution in [0.3, 0.4) is 0 Å². The van der Waals surface area contributed by atoms with Gasteiger partial charge in [0.1, 0.15) is 0 Å². The molecule has 1 aliphatic heterocycles. The molecule has 0 radical (unpaired) electrons. The molecule has 94 valence electrons. The smallest absolute Gasteiger partial charge is 0.303 e. The van der Waals surface area contributed by atoms with E-state index in [1.807, 2.05) is 0 Å². The summed E-state index contributed by atoms with van der Waals surface area (Å²) < 4.78 is 0. The molecule has 0 aromatic heterocycles.